The Morgan fingerprint density at radius 1 is 1.32 bits per heavy atom. The van der Waals surface area contributed by atoms with Gasteiger partial charge in [0, 0.05) is 0 Å². The number of rotatable bonds is 1. The van der Waals surface area contributed by atoms with Crippen LogP contribution in [-0.2, 0) is 0 Å². The van der Waals surface area contributed by atoms with Crippen LogP contribution in [0.25, 0.3) is 11.2 Å². The van der Waals surface area contributed by atoms with Gasteiger partial charge in [-0.05, 0) is 30.6 Å². The van der Waals surface area contributed by atoms with Crippen molar-refractivity contribution in [2.45, 2.75) is 46.1 Å². The van der Waals surface area contributed by atoms with Gasteiger partial charge < -0.3 is 5.73 Å². The van der Waals surface area contributed by atoms with E-state index in [4.69, 9.17) is 5.73 Å². The van der Waals surface area contributed by atoms with Crippen molar-refractivity contribution in [3.8, 4) is 0 Å². The summed E-state index contributed by atoms with van der Waals surface area (Å²) < 4.78 is 1.94. The summed E-state index contributed by atoms with van der Waals surface area (Å²) in [5, 5.41) is 8.39. The maximum absolute atomic E-state index is 5.81. The number of nitrogens with two attached hydrogens (primary N) is 1. The van der Waals surface area contributed by atoms with Crippen molar-refractivity contribution >= 4 is 17.0 Å². The summed E-state index contributed by atoms with van der Waals surface area (Å²) in [6, 6.07) is 0.345. The average Bonchev–Trinajstić information content (AvgIpc) is 2.71. The van der Waals surface area contributed by atoms with Crippen LogP contribution in [0.1, 0.15) is 46.1 Å². The van der Waals surface area contributed by atoms with Gasteiger partial charge in [-0.25, -0.2) is 14.6 Å². The van der Waals surface area contributed by atoms with Gasteiger partial charge in [-0.1, -0.05) is 26.0 Å². The lowest BCUT2D eigenvalue weighted by molar-refractivity contribution is 0.131. The fourth-order valence-electron chi connectivity index (χ4n) is 3.51. The third-order valence-electron chi connectivity index (χ3n) is 4.00. The standard InChI is InChI=1S/C13H20N6/c1-8-4-9(6-13(2,3)5-8)19-12-10(17-18-19)11(14)15-7-16-12/h7-9H,4-6H2,1-3H3,(H2,14,15,16)/t8-,9-/m0/s1. The molecule has 2 N–H and O–H groups in total. The molecule has 0 aliphatic heterocycles. The maximum atomic E-state index is 5.81. The van der Waals surface area contributed by atoms with Crippen LogP contribution in [0, 0.1) is 11.3 Å². The molecule has 102 valence electrons. The van der Waals surface area contributed by atoms with E-state index < -0.39 is 0 Å². The number of anilines is 1. The van der Waals surface area contributed by atoms with Crippen molar-refractivity contribution in [1.29, 1.82) is 0 Å². The molecule has 3 rings (SSSR count). The number of hydrogen-bond donors (Lipinski definition) is 1. The highest BCUT2D eigenvalue weighted by Gasteiger charge is 2.34. The maximum Gasteiger partial charge on any atom is 0.184 e. The van der Waals surface area contributed by atoms with Crippen LogP contribution in [0.15, 0.2) is 6.33 Å². The molecule has 1 fully saturated rings. The van der Waals surface area contributed by atoms with E-state index in [2.05, 4.69) is 41.1 Å². The van der Waals surface area contributed by atoms with Crippen LogP contribution in [0.4, 0.5) is 5.82 Å². The van der Waals surface area contributed by atoms with Crippen molar-refractivity contribution < 1.29 is 0 Å². The van der Waals surface area contributed by atoms with E-state index in [1.165, 1.54) is 12.7 Å². The highest BCUT2D eigenvalue weighted by molar-refractivity contribution is 5.80. The predicted molar refractivity (Wildman–Crippen MR) is 73.4 cm³/mol. The Hall–Kier alpha value is -1.72. The minimum Gasteiger partial charge on any atom is -0.382 e. The third-order valence-corrected chi connectivity index (χ3v) is 4.00. The summed E-state index contributed by atoms with van der Waals surface area (Å²) >= 11 is 0. The van der Waals surface area contributed by atoms with E-state index in [1.54, 1.807) is 0 Å². The molecule has 0 radical (unpaired) electrons. The van der Waals surface area contributed by atoms with E-state index >= 15 is 0 Å². The Labute approximate surface area is 112 Å². The van der Waals surface area contributed by atoms with Crippen LogP contribution >= 0.6 is 0 Å². The molecule has 1 aliphatic carbocycles. The minimum atomic E-state index is 0.333. The van der Waals surface area contributed by atoms with Crippen LogP contribution in [0.5, 0.6) is 0 Å². The van der Waals surface area contributed by atoms with Crippen molar-refractivity contribution in [1.82, 2.24) is 25.0 Å². The van der Waals surface area contributed by atoms with Crippen LogP contribution < -0.4 is 5.73 Å². The zero-order valence-corrected chi connectivity index (χ0v) is 11.7. The van der Waals surface area contributed by atoms with Gasteiger partial charge >= 0.3 is 0 Å². The number of hydrogen-bond acceptors (Lipinski definition) is 5. The Morgan fingerprint density at radius 3 is 2.84 bits per heavy atom. The number of fused-ring (bicyclic) bond motifs is 1. The van der Waals surface area contributed by atoms with Gasteiger partial charge in [-0.15, -0.1) is 5.10 Å². The molecule has 2 heterocycles. The first kappa shape index (κ1) is 12.3. The van der Waals surface area contributed by atoms with Crippen LogP contribution in [-0.4, -0.2) is 25.0 Å². The fourth-order valence-corrected chi connectivity index (χ4v) is 3.51. The monoisotopic (exact) mass is 260 g/mol. The Morgan fingerprint density at radius 2 is 2.11 bits per heavy atom. The van der Waals surface area contributed by atoms with Crippen molar-refractivity contribution in [3.05, 3.63) is 6.33 Å². The van der Waals surface area contributed by atoms with Gasteiger partial charge in [0.25, 0.3) is 0 Å². The molecular weight excluding hydrogens is 240 g/mol. The molecule has 0 bridgehead atoms. The molecule has 0 spiro atoms. The summed E-state index contributed by atoms with van der Waals surface area (Å²) in [5.41, 5.74) is 7.51. The lowest BCUT2D eigenvalue weighted by atomic mass is 9.70. The molecule has 2 aromatic heterocycles. The third kappa shape index (κ3) is 2.15. The van der Waals surface area contributed by atoms with Gasteiger partial charge in [0.1, 0.15) is 6.33 Å². The second kappa shape index (κ2) is 4.15. The SMILES string of the molecule is C[C@H]1C[C@H](n2nnc3c(N)ncnc32)CC(C)(C)C1. The molecule has 0 unspecified atom stereocenters. The Balaban J connectivity index is 2.02. The quantitative estimate of drug-likeness (QED) is 0.849. The van der Waals surface area contributed by atoms with E-state index in [0.717, 1.165) is 18.5 Å². The fraction of sp³-hybridized carbons (Fsp3) is 0.692. The van der Waals surface area contributed by atoms with Crippen molar-refractivity contribution in [3.63, 3.8) is 0 Å². The van der Waals surface area contributed by atoms with Gasteiger partial charge in [-0.2, -0.15) is 0 Å². The topological polar surface area (TPSA) is 82.5 Å². The molecule has 0 saturated heterocycles. The molecular formula is C13H20N6. The van der Waals surface area contributed by atoms with Crippen LogP contribution in [0.3, 0.4) is 0 Å². The molecule has 1 aliphatic rings. The summed E-state index contributed by atoms with van der Waals surface area (Å²) in [6.45, 7) is 6.94. The van der Waals surface area contributed by atoms with E-state index in [0.29, 0.717) is 28.7 Å². The summed E-state index contributed by atoms with van der Waals surface area (Å²) in [4.78, 5) is 8.26. The van der Waals surface area contributed by atoms with Crippen molar-refractivity contribution in [2.24, 2.45) is 11.3 Å². The van der Waals surface area contributed by atoms with E-state index in [-0.39, 0.29) is 0 Å². The Bertz CT molecular complexity index is 602. The number of aromatic nitrogens is 5. The van der Waals surface area contributed by atoms with Gasteiger partial charge in [-0.3, -0.25) is 0 Å². The smallest absolute Gasteiger partial charge is 0.184 e. The average molecular weight is 260 g/mol. The molecule has 19 heavy (non-hydrogen) atoms. The largest absolute Gasteiger partial charge is 0.382 e. The first-order chi connectivity index (χ1) is 8.96. The first-order valence-corrected chi connectivity index (χ1v) is 6.78. The normalized spacial score (nSPS) is 26.7. The van der Waals surface area contributed by atoms with Gasteiger partial charge in [0.15, 0.2) is 17.0 Å². The molecule has 1 saturated carbocycles. The van der Waals surface area contributed by atoms with Crippen molar-refractivity contribution in [2.75, 3.05) is 5.73 Å². The Kier molecular flexibility index (Phi) is 2.69. The molecule has 2 atom stereocenters. The lowest BCUT2D eigenvalue weighted by Crippen LogP contribution is -2.30. The molecule has 2 aromatic rings. The lowest BCUT2D eigenvalue weighted by Gasteiger charge is -2.38. The molecule has 6 nitrogen and oxygen atoms in total. The highest BCUT2D eigenvalue weighted by atomic mass is 15.5. The number of nitrogens with zero attached hydrogens (tertiary/aromatic N) is 5. The molecule has 0 amide bonds. The summed E-state index contributed by atoms with van der Waals surface area (Å²) in [7, 11) is 0. The second-order valence-electron chi connectivity index (χ2n) is 6.53. The summed E-state index contributed by atoms with van der Waals surface area (Å²) in [5.74, 6) is 1.09. The van der Waals surface area contributed by atoms with Gasteiger partial charge in [0.05, 0.1) is 6.04 Å². The zero-order valence-electron chi connectivity index (χ0n) is 11.7. The van der Waals surface area contributed by atoms with Gasteiger partial charge in [0.2, 0.25) is 0 Å². The zero-order chi connectivity index (χ0) is 13.6. The predicted octanol–water partition coefficient (Wildman–Crippen LogP) is 2.19. The molecule has 0 aromatic carbocycles. The second-order valence-corrected chi connectivity index (χ2v) is 6.53. The highest BCUT2D eigenvalue weighted by Crippen LogP contribution is 2.44. The summed E-state index contributed by atoms with van der Waals surface area (Å²) in [6.07, 6.45) is 4.95. The van der Waals surface area contributed by atoms with E-state index in [1.807, 2.05) is 4.68 Å². The van der Waals surface area contributed by atoms with Crippen LogP contribution in [0.2, 0.25) is 0 Å². The number of nitrogen functional groups attached to an aromatic ring is 1. The molecule has 6 heteroatoms. The first-order valence-electron chi connectivity index (χ1n) is 6.78. The minimum absolute atomic E-state index is 0.333. The van der Waals surface area contributed by atoms with E-state index in [9.17, 15) is 0 Å².